The van der Waals surface area contributed by atoms with Crippen molar-refractivity contribution in [2.45, 2.75) is 20.8 Å². The van der Waals surface area contributed by atoms with Gasteiger partial charge < -0.3 is 5.32 Å². The van der Waals surface area contributed by atoms with Gasteiger partial charge in [0.15, 0.2) is 0 Å². The zero-order chi connectivity index (χ0) is 12.7. The summed E-state index contributed by atoms with van der Waals surface area (Å²) in [4.78, 5) is 0. The summed E-state index contributed by atoms with van der Waals surface area (Å²) in [7, 11) is 0. The van der Waals surface area contributed by atoms with Crippen LogP contribution in [0.4, 0.5) is 0 Å². The number of likely N-dealkylation sites (N-methyl/N-ethyl adjacent to an activating group) is 1. The maximum absolute atomic E-state index is 8.74. The van der Waals surface area contributed by atoms with Gasteiger partial charge in [-0.05, 0) is 30.2 Å². The summed E-state index contributed by atoms with van der Waals surface area (Å²) >= 11 is 0. The zero-order valence-corrected chi connectivity index (χ0v) is 10.8. The number of rotatable bonds is 5. The average Bonchev–Trinajstić information content (AvgIpc) is 2.35. The summed E-state index contributed by atoms with van der Waals surface area (Å²) in [5.74, 6) is 0.532. The Morgan fingerprint density at radius 1 is 1.35 bits per heavy atom. The van der Waals surface area contributed by atoms with E-state index in [9.17, 15) is 0 Å². The molecule has 0 fully saturated rings. The maximum Gasteiger partial charge on any atom is 0.0991 e. The molecule has 2 nitrogen and oxygen atoms in total. The molecule has 0 saturated heterocycles. The van der Waals surface area contributed by atoms with Gasteiger partial charge in [-0.3, -0.25) is 0 Å². The molecule has 0 bridgehead atoms. The quantitative estimate of drug-likeness (QED) is 0.840. The van der Waals surface area contributed by atoms with Crippen LogP contribution in [0.1, 0.15) is 31.9 Å². The van der Waals surface area contributed by atoms with E-state index in [1.54, 1.807) is 0 Å². The lowest BCUT2D eigenvalue weighted by Crippen LogP contribution is -2.18. The first-order valence-corrected chi connectivity index (χ1v) is 6.08. The maximum atomic E-state index is 8.74. The Hall–Kier alpha value is -1.59. The lowest BCUT2D eigenvalue weighted by atomic mass is 10.00. The smallest absolute Gasteiger partial charge is 0.0991 e. The minimum atomic E-state index is 0.532. The van der Waals surface area contributed by atoms with Crippen molar-refractivity contribution in [1.82, 2.24) is 5.32 Å². The van der Waals surface area contributed by atoms with Crippen molar-refractivity contribution < 1.29 is 0 Å². The lowest BCUT2D eigenvalue weighted by Gasteiger charge is -2.12. The summed E-state index contributed by atoms with van der Waals surface area (Å²) in [6.07, 6.45) is 2.20. The van der Waals surface area contributed by atoms with Crippen molar-refractivity contribution in [2.75, 3.05) is 13.1 Å². The van der Waals surface area contributed by atoms with Gasteiger partial charge in [0.1, 0.15) is 0 Å². The highest BCUT2D eigenvalue weighted by Gasteiger charge is 2.02. The molecule has 0 aliphatic heterocycles. The minimum absolute atomic E-state index is 0.532. The van der Waals surface area contributed by atoms with Crippen LogP contribution in [0.15, 0.2) is 29.8 Å². The van der Waals surface area contributed by atoms with E-state index >= 15 is 0 Å². The summed E-state index contributed by atoms with van der Waals surface area (Å²) < 4.78 is 0. The fourth-order valence-corrected chi connectivity index (χ4v) is 1.56. The third kappa shape index (κ3) is 4.42. The van der Waals surface area contributed by atoms with Gasteiger partial charge in [-0.1, -0.05) is 44.6 Å². The van der Waals surface area contributed by atoms with Crippen molar-refractivity contribution in [1.29, 1.82) is 5.26 Å². The van der Waals surface area contributed by atoms with E-state index in [2.05, 4.69) is 38.2 Å². The van der Waals surface area contributed by atoms with Crippen molar-refractivity contribution in [3.05, 3.63) is 41.0 Å². The highest BCUT2D eigenvalue weighted by Crippen LogP contribution is 2.14. The number of nitriles is 1. The highest BCUT2D eigenvalue weighted by atomic mass is 14.8. The normalized spacial score (nSPS) is 11.6. The van der Waals surface area contributed by atoms with Gasteiger partial charge in [0.25, 0.3) is 0 Å². The standard InChI is InChI=1S/C15H20N2/c1-4-17-11-15(12(2)3)9-13-5-7-14(10-16)8-6-13/h5-9,12,17H,4,11H2,1-3H3. The summed E-state index contributed by atoms with van der Waals surface area (Å²) in [6.45, 7) is 8.42. The van der Waals surface area contributed by atoms with Crippen molar-refractivity contribution in [2.24, 2.45) is 5.92 Å². The minimum Gasteiger partial charge on any atom is -0.313 e. The van der Waals surface area contributed by atoms with Crippen LogP contribution in [-0.4, -0.2) is 13.1 Å². The van der Waals surface area contributed by atoms with E-state index in [-0.39, 0.29) is 0 Å². The Morgan fingerprint density at radius 2 is 2.00 bits per heavy atom. The van der Waals surface area contributed by atoms with Gasteiger partial charge >= 0.3 is 0 Å². The first kappa shape index (κ1) is 13.5. The molecule has 0 amide bonds. The molecule has 0 aromatic heterocycles. The second kappa shape index (κ2) is 6.88. The van der Waals surface area contributed by atoms with E-state index < -0.39 is 0 Å². The molecule has 0 atom stereocenters. The van der Waals surface area contributed by atoms with Crippen LogP contribution >= 0.6 is 0 Å². The Bertz CT molecular complexity index is 408. The molecular formula is C15H20N2. The molecule has 0 radical (unpaired) electrons. The summed E-state index contributed by atoms with van der Waals surface area (Å²) in [5.41, 5.74) is 3.25. The average molecular weight is 228 g/mol. The van der Waals surface area contributed by atoms with Crippen LogP contribution in [0.2, 0.25) is 0 Å². The van der Waals surface area contributed by atoms with Crippen molar-refractivity contribution in [3.63, 3.8) is 0 Å². The zero-order valence-electron chi connectivity index (χ0n) is 10.8. The van der Waals surface area contributed by atoms with Gasteiger partial charge in [-0.25, -0.2) is 0 Å². The van der Waals surface area contributed by atoms with E-state index in [1.807, 2.05) is 24.3 Å². The topological polar surface area (TPSA) is 35.8 Å². The number of hydrogen-bond donors (Lipinski definition) is 1. The third-order valence-corrected chi connectivity index (χ3v) is 2.71. The van der Waals surface area contributed by atoms with Crippen LogP contribution in [0, 0.1) is 17.2 Å². The number of benzene rings is 1. The fraction of sp³-hybridized carbons (Fsp3) is 0.400. The molecule has 90 valence electrons. The van der Waals surface area contributed by atoms with Gasteiger partial charge in [0.05, 0.1) is 11.6 Å². The Balaban J connectivity index is 2.84. The van der Waals surface area contributed by atoms with Crippen LogP contribution in [-0.2, 0) is 0 Å². The number of nitrogens with one attached hydrogen (secondary N) is 1. The van der Waals surface area contributed by atoms with Crippen LogP contribution in [0.3, 0.4) is 0 Å². The first-order chi connectivity index (χ1) is 8.17. The predicted octanol–water partition coefficient (Wildman–Crippen LogP) is 3.21. The molecular weight excluding hydrogens is 208 g/mol. The molecule has 17 heavy (non-hydrogen) atoms. The number of nitrogens with zero attached hydrogens (tertiary/aromatic N) is 1. The summed E-state index contributed by atoms with van der Waals surface area (Å²) in [5, 5.41) is 12.1. The van der Waals surface area contributed by atoms with E-state index in [0.717, 1.165) is 18.7 Å². The lowest BCUT2D eigenvalue weighted by molar-refractivity contribution is 0.682. The number of hydrogen-bond acceptors (Lipinski definition) is 2. The molecule has 1 aromatic rings. The molecule has 1 aromatic carbocycles. The van der Waals surface area contributed by atoms with Crippen LogP contribution in [0.5, 0.6) is 0 Å². The third-order valence-electron chi connectivity index (χ3n) is 2.71. The first-order valence-electron chi connectivity index (χ1n) is 6.08. The Labute approximate surface area is 104 Å². The van der Waals surface area contributed by atoms with Gasteiger partial charge in [-0.2, -0.15) is 5.26 Å². The van der Waals surface area contributed by atoms with Crippen molar-refractivity contribution in [3.8, 4) is 6.07 Å². The summed E-state index contributed by atoms with van der Waals surface area (Å²) in [6, 6.07) is 9.83. The highest BCUT2D eigenvalue weighted by molar-refractivity contribution is 5.54. The molecule has 0 heterocycles. The predicted molar refractivity (Wildman–Crippen MR) is 72.5 cm³/mol. The Morgan fingerprint density at radius 3 is 2.47 bits per heavy atom. The SMILES string of the molecule is CCNCC(=Cc1ccc(C#N)cc1)C(C)C. The van der Waals surface area contributed by atoms with Crippen molar-refractivity contribution >= 4 is 6.08 Å². The van der Waals surface area contributed by atoms with Gasteiger partial charge in [-0.15, -0.1) is 0 Å². The van der Waals surface area contributed by atoms with E-state index in [0.29, 0.717) is 11.5 Å². The van der Waals surface area contributed by atoms with E-state index in [4.69, 9.17) is 5.26 Å². The second-order valence-electron chi connectivity index (χ2n) is 4.39. The largest absolute Gasteiger partial charge is 0.313 e. The van der Waals surface area contributed by atoms with Crippen LogP contribution < -0.4 is 5.32 Å². The fourth-order valence-electron chi connectivity index (χ4n) is 1.56. The van der Waals surface area contributed by atoms with Crippen LogP contribution in [0.25, 0.3) is 6.08 Å². The van der Waals surface area contributed by atoms with Gasteiger partial charge in [0.2, 0.25) is 0 Å². The molecule has 0 aliphatic carbocycles. The van der Waals surface area contributed by atoms with Gasteiger partial charge in [0, 0.05) is 6.54 Å². The molecule has 1 N–H and O–H groups in total. The molecule has 0 aliphatic rings. The molecule has 0 saturated carbocycles. The Kier molecular flexibility index (Phi) is 5.45. The molecule has 2 heteroatoms. The van der Waals surface area contributed by atoms with E-state index in [1.165, 1.54) is 5.57 Å². The second-order valence-corrected chi connectivity index (χ2v) is 4.39. The molecule has 0 spiro atoms. The molecule has 1 rings (SSSR count). The monoisotopic (exact) mass is 228 g/mol. The molecule has 0 unspecified atom stereocenters.